The number of ether oxygens (including phenoxy) is 1. The van der Waals surface area contributed by atoms with E-state index in [1.807, 2.05) is 23.1 Å². The minimum absolute atomic E-state index is 0.0240. The lowest BCUT2D eigenvalue weighted by atomic mass is 9.41. The van der Waals surface area contributed by atoms with Crippen LogP contribution in [0.1, 0.15) is 98.5 Å². The van der Waals surface area contributed by atoms with Crippen LogP contribution in [0.4, 0.5) is 0 Å². The Balaban J connectivity index is 1.16. The van der Waals surface area contributed by atoms with Crippen molar-refractivity contribution in [3.63, 3.8) is 0 Å². The second kappa shape index (κ2) is 9.05. The molecule has 6 aliphatic rings. The number of carbonyl (C=O) groups excluding carboxylic acids is 1. The van der Waals surface area contributed by atoms with E-state index < -0.39 is 6.10 Å². The van der Waals surface area contributed by atoms with E-state index >= 15 is 0 Å². The van der Waals surface area contributed by atoms with Gasteiger partial charge in [-0.05, 0) is 102 Å². The van der Waals surface area contributed by atoms with Gasteiger partial charge in [0.15, 0.2) is 0 Å². The van der Waals surface area contributed by atoms with Crippen LogP contribution >= 0.6 is 0 Å². The van der Waals surface area contributed by atoms with E-state index in [2.05, 4.69) is 46.8 Å². The van der Waals surface area contributed by atoms with E-state index in [-0.39, 0.29) is 40.5 Å². The van der Waals surface area contributed by atoms with Crippen molar-refractivity contribution >= 4 is 5.91 Å². The third kappa shape index (κ3) is 3.55. The van der Waals surface area contributed by atoms with Crippen molar-refractivity contribution in [2.45, 2.75) is 124 Å². The predicted molar refractivity (Wildman–Crippen MR) is 160 cm³/mol. The zero-order valence-corrected chi connectivity index (χ0v) is 26.2. The molecule has 2 N–H and O–H groups in total. The maximum Gasteiger partial charge on any atom is 0.219 e. The van der Waals surface area contributed by atoms with Crippen molar-refractivity contribution < 1.29 is 19.7 Å². The lowest BCUT2D eigenvalue weighted by Crippen LogP contribution is -2.59. The van der Waals surface area contributed by atoms with Gasteiger partial charge in [-0.2, -0.15) is 0 Å². The Bertz CT molecular complexity index is 1200. The largest absolute Gasteiger partial charge is 0.393 e. The van der Waals surface area contributed by atoms with Crippen LogP contribution in [0.3, 0.4) is 0 Å². The fraction of sp³-hybridized carbons (Fsp3) is 0.806. The van der Waals surface area contributed by atoms with Crippen molar-refractivity contribution in [2.75, 3.05) is 6.54 Å². The van der Waals surface area contributed by atoms with Gasteiger partial charge in [0.25, 0.3) is 0 Å². The van der Waals surface area contributed by atoms with Crippen LogP contribution in [-0.2, 0) is 16.1 Å². The topological polar surface area (TPSA) is 70.0 Å². The molecule has 5 heteroatoms. The Morgan fingerprint density at radius 1 is 0.976 bits per heavy atom. The number of hydrogen-bond acceptors (Lipinski definition) is 4. The van der Waals surface area contributed by atoms with Gasteiger partial charge in [-0.3, -0.25) is 4.79 Å². The highest BCUT2D eigenvalue weighted by molar-refractivity contribution is 5.73. The van der Waals surface area contributed by atoms with Gasteiger partial charge in [-0.1, -0.05) is 65.0 Å². The van der Waals surface area contributed by atoms with Crippen molar-refractivity contribution in [1.29, 1.82) is 0 Å². The molecule has 5 saturated carbocycles. The number of hydrogen-bond donors (Lipinski definition) is 2. The van der Waals surface area contributed by atoms with E-state index in [4.69, 9.17) is 4.74 Å². The van der Waals surface area contributed by atoms with Crippen molar-refractivity contribution in [3.8, 4) is 0 Å². The number of amides is 1. The third-order valence-electron chi connectivity index (χ3n) is 14.9. The van der Waals surface area contributed by atoms with Crippen molar-refractivity contribution in [3.05, 3.63) is 35.9 Å². The minimum Gasteiger partial charge on any atom is -0.393 e. The van der Waals surface area contributed by atoms with Crippen LogP contribution in [-0.4, -0.2) is 52.0 Å². The molecule has 5 aliphatic carbocycles. The van der Waals surface area contributed by atoms with Gasteiger partial charge in [0, 0.05) is 25.4 Å². The van der Waals surface area contributed by atoms with Crippen LogP contribution in [0.25, 0.3) is 0 Å². The lowest BCUT2D eigenvalue weighted by Gasteiger charge is -2.63. The number of aliphatic hydroxyl groups excluding tert-OH is 2. The summed E-state index contributed by atoms with van der Waals surface area (Å²) in [5.41, 5.74) is 1.65. The first-order valence-corrected chi connectivity index (χ1v) is 16.6. The molecule has 2 spiro atoms. The monoisotopic (exact) mass is 563 g/mol. The van der Waals surface area contributed by atoms with Gasteiger partial charge < -0.3 is 19.8 Å². The maximum absolute atomic E-state index is 12.7. The van der Waals surface area contributed by atoms with Gasteiger partial charge in [-0.15, -0.1) is 0 Å². The van der Waals surface area contributed by atoms with Crippen LogP contribution in [0.5, 0.6) is 0 Å². The molecule has 1 amide bonds. The number of benzene rings is 1. The van der Waals surface area contributed by atoms with E-state index in [0.29, 0.717) is 47.6 Å². The summed E-state index contributed by atoms with van der Waals surface area (Å²) in [5, 5.41) is 23.4. The summed E-state index contributed by atoms with van der Waals surface area (Å²) in [7, 11) is 0. The fourth-order valence-electron chi connectivity index (χ4n) is 12.9. The van der Waals surface area contributed by atoms with Gasteiger partial charge in [0.05, 0.1) is 24.4 Å². The number of fused-ring (bicyclic) bond motifs is 4. The summed E-state index contributed by atoms with van der Waals surface area (Å²) < 4.78 is 6.94. The first-order valence-electron chi connectivity index (χ1n) is 16.6. The number of aliphatic hydroxyl groups is 2. The molecule has 0 radical (unpaired) electrons. The standard InChI is InChI=1S/C36H53NO4/c1-22-18-25(20-37(23(2)38)19-24-10-8-7-9-11-24)41-30-29(22)33(5)16-17-36-21-35(36)15-14-28(39)32(3,4)26(35)12-13-27(36)34(33,6)31(30)40/h7-11,22,25-31,39-40H,12-21H2,1-6H3/t22-,25?,26+,27?,28?,29+,30?,31+,33-,34-,35-,36+/m1/s1. The molecule has 12 atom stereocenters. The van der Waals surface area contributed by atoms with Gasteiger partial charge >= 0.3 is 0 Å². The van der Waals surface area contributed by atoms with Crippen LogP contribution in [0.2, 0.25) is 0 Å². The van der Waals surface area contributed by atoms with E-state index in [9.17, 15) is 15.0 Å². The zero-order valence-electron chi connectivity index (χ0n) is 26.2. The number of nitrogens with zero attached hydrogens (tertiary/aromatic N) is 1. The lowest BCUT2D eigenvalue weighted by molar-refractivity contribution is -0.182. The molecule has 4 unspecified atom stereocenters. The molecule has 5 nitrogen and oxygen atoms in total. The highest BCUT2D eigenvalue weighted by atomic mass is 16.5. The molecule has 1 heterocycles. The molecular formula is C36H53NO4. The Hall–Kier alpha value is -1.43. The van der Waals surface area contributed by atoms with Gasteiger partial charge in [-0.25, -0.2) is 0 Å². The summed E-state index contributed by atoms with van der Waals surface area (Å²) >= 11 is 0. The first kappa shape index (κ1) is 28.3. The smallest absolute Gasteiger partial charge is 0.219 e. The van der Waals surface area contributed by atoms with E-state index in [1.54, 1.807) is 6.92 Å². The number of carbonyl (C=O) groups is 1. The maximum atomic E-state index is 12.7. The zero-order chi connectivity index (χ0) is 29.2. The summed E-state index contributed by atoms with van der Waals surface area (Å²) in [6, 6.07) is 10.2. The fourth-order valence-corrected chi connectivity index (χ4v) is 12.9. The molecule has 0 aromatic heterocycles. The van der Waals surface area contributed by atoms with Gasteiger partial charge in [0.2, 0.25) is 5.91 Å². The molecule has 1 saturated heterocycles. The predicted octanol–water partition coefficient (Wildman–Crippen LogP) is 6.21. The highest BCUT2D eigenvalue weighted by Gasteiger charge is 2.84. The van der Waals surface area contributed by atoms with Crippen LogP contribution in [0.15, 0.2) is 30.3 Å². The van der Waals surface area contributed by atoms with E-state index in [1.165, 1.54) is 25.7 Å². The molecule has 226 valence electrons. The normalized spacial score (nSPS) is 50.9. The molecule has 6 fully saturated rings. The molecule has 7 rings (SSSR count). The first-order chi connectivity index (χ1) is 19.3. The summed E-state index contributed by atoms with van der Waals surface area (Å²) in [5.74, 6) is 1.95. The molecule has 1 aromatic rings. The summed E-state index contributed by atoms with van der Waals surface area (Å²) in [6.45, 7) is 14.8. The quantitative estimate of drug-likeness (QED) is 0.457. The SMILES string of the molecule is CC(=O)N(Cc1ccccc1)CC1C[C@@H](C)[C@H]2C(O1)[C@H](O)[C@@]1(C)C3CC[C@H]4C(C)(C)C(O)CC[C@@]45C[C@@]35CC[C@]21C. The van der Waals surface area contributed by atoms with Crippen molar-refractivity contribution in [1.82, 2.24) is 4.90 Å². The molecular weight excluding hydrogens is 510 g/mol. The Morgan fingerprint density at radius 2 is 1.66 bits per heavy atom. The molecule has 0 bridgehead atoms. The molecule has 1 aromatic carbocycles. The minimum atomic E-state index is -0.485. The van der Waals surface area contributed by atoms with E-state index in [0.717, 1.165) is 31.2 Å². The molecule has 1 aliphatic heterocycles. The average molecular weight is 564 g/mol. The average Bonchev–Trinajstić information content (AvgIpc) is 3.56. The van der Waals surface area contributed by atoms with Crippen LogP contribution in [0, 0.1) is 50.7 Å². The van der Waals surface area contributed by atoms with Gasteiger partial charge in [0.1, 0.15) is 0 Å². The highest BCUT2D eigenvalue weighted by Crippen LogP contribution is 2.89. The van der Waals surface area contributed by atoms with Crippen LogP contribution < -0.4 is 0 Å². The molecule has 41 heavy (non-hydrogen) atoms. The summed E-state index contributed by atoms with van der Waals surface area (Å²) in [4.78, 5) is 14.6. The Kier molecular flexibility index (Phi) is 6.26. The Morgan fingerprint density at radius 3 is 2.37 bits per heavy atom. The second-order valence-electron chi connectivity index (χ2n) is 16.5. The van der Waals surface area contributed by atoms with Crippen molar-refractivity contribution in [2.24, 2.45) is 50.7 Å². The summed E-state index contributed by atoms with van der Waals surface area (Å²) in [6.07, 6.45) is 8.19. The third-order valence-corrected chi connectivity index (χ3v) is 14.9. The number of rotatable bonds is 4. The second-order valence-corrected chi connectivity index (χ2v) is 16.5. The Labute approximate surface area is 247 Å².